The Kier molecular flexibility index (Phi) is 3.92. The first-order valence-corrected chi connectivity index (χ1v) is 6.59. The van der Waals surface area contributed by atoms with E-state index in [-0.39, 0.29) is 41.7 Å². The Hall–Kier alpha value is -2.11. The first-order chi connectivity index (χ1) is 9.45. The molecule has 2 heterocycles. The molecule has 1 aliphatic rings. The van der Waals surface area contributed by atoms with Crippen molar-refractivity contribution in [1.82, 2.24) is 4.98 Å². The minimum atomic E-state index is -0.614. The summed E-state index contributed by atoms with van der Waals surface area (Å²) < 4.78 is 10.0. The summed E-state index contributed by atoms with van der Waals surface area (Å²) in [7, 11) is 0. The van der Waals surface area contributed by atoms with Crippen LogP contribution in [-0.4, -0.2) is 23.5 Å². The molecule has 20 heavy (non-hydrogen) atoms. The number of pyridine rings is 1. The van der Waals surface area contributed by atoms with E-state index in [1.54, 1.807) is 6.92 Å². The molecule has 1 aliphatic heterocycles. The van der Waals surface area contributed by atoms with Crippen LogP contribution in [0.2, 0.25) is 0 Å². The van der Waals surface area contributed by atoms with Crippen LogP contribution in [0, 0.1) is 5.92 Å². The summed E-state index contributed by atoms with van der Waals surface area (Å²) in [5, 5.41) is 0. The Morgan fingerprint density at radius 1 is 1.50 bits per heavy atom. The van der Waals surface area contributed by atoms with Crippen LogP contribution in [0.15, 0.2) is 11.0 Å². The molecule has 0 aromatic carbocycles. The van der Waals surface area contributed by atoms with Gasteiger partial charge in [0.15, 0.2) is 5.75 Å². The molecule has 0 bridgehead atoms. The summed E-state index contributed by atoms with van der Waals surface area (Å²) in [4.78, 5) is 38.1. The number of aromatic nitrogens is 1. The van der Waals surface area contributed by atoms with Gasteiger partial charge in [0.1, 0.15) is 5.56 Å². The Balaban J connectivity index is 2.60. The molecule has 0 aliphatic carbocycles. The summed E-state index contributed by atoms with van der Waals surface area (Å²) in [6.45, 7) is 5.72. The van der Waals surface area contributed by atoms with E-state index < -0.39 is 11.9 Å². The maximum absolute atomic E-state index is 12.0. The van der Waals surface area contributed by atoms with E-state index in [0.29, 0.717) is 5.56 Å². The molecule has 108 valence electrons. The Morgan fingerprint density at radius 2 is 2.20 bits per heavy atom. The summed E-state index contributed by atoms with van der Waals surface area (Å²) in [5.41, 5.74) is 0.101. The Bertz CT molecular complexity index is 602. The van der Waals surface area contributed by atoms with E-state index in [0.717, 1.165) is 0 Å². The number of ether oxygens (including phenoxy) is 2. The van der Waals surface area contributed by atoms with E-state index in [1.807, 2.05) is 13.8 Å². The molecule has 6 heteroatoms. The summed E-state index contributed by atoms with van der Waals surface area (Å²) in [5.74, 6) is -1.18. The third-order valence-corrected chi connectivity index (χ3v) is 3.35. The van der Waals surface area contributed by atoms with E-state index in [1.165, 1.54) is 6.20 Å². The Labute approximate surface area is 116 Å². The van der Waals surface area contributed by atoms with Crippen molar-refractivity contribution in [1.29, 1.82) is 0 Å². The third-order valence-electron chi connectivity index (χ3n) is 3.35. The second-order valence-electron chi connectivity index (χ2n) is 5.02. The minimum absolute atomic E-state index is 0.0437. The number of hydrogen-bond donors (Lipinski definition) is 1. The molecule has 0 saturated heterocycles. The van der Waals surface area contributed by atoms with E-state index >= 15 is 0 Å². The highest BCUT2D eigenvalue weighted by Crippen LogP contribution is 2.38. The molecular weight excluding hydrogens is 262 g/mol. The van der Waals surface area contributed by atoms with Crippen molar-refractivity contribution in [3.63, 3.8) is 0 Å². The lowest BCUT2D eigenvalue weighted by molar-refractivity contribution is -0.136. The molecule has 0 radical (unpaired) electrons. The van der Waals surface area contributed by atoms with Crippen molar-refractivity contribution in [2.75, 3.05) is 6.61 Å². The van der Waals surface area contributed by atoms with E-state index in [2.05, 4.69) is 4.98 Å². The first-order valence-electron chi connectivity index (χ1n) is 6.59. The summed E-state index contributed by atoms with van der Waals surface area (Å²) >= 11 is 0. The van der Waals surface area contributed by atoms with Gasteiger partial charge in [0.2, 0.25) is 0 Å². The lowest BCUT2D eigenvalue weighted by Gasteiger charge is -2.27. The lowest BCUT2D eigenvalue weighted by Crippen LogP contribution is -2.31. The molecule has 0 spiro atoms. The van der Waals surface area contributed by atoms with Crippen LogP contribution in [0.4, 0.5) is 0 Å². The number of esters is 2. The predicted molar refractivity (Wildman–Crippen MR) is 70.9 cm³/mol. The van der Waals surface area contributed by atoms with E-state index in [9.17, 15) is 14.4 Å². The van der Waals surface area contributed by atoms with Gasteiger partial charge < -0.3 is 14.5 Å². The van der Waals surface area contributed by atoms with Gasteiger partial charge in [-0.25, -0.2) is 4.79 Å². The standard InChI is InChI=1S/C14H17NO5/c1-4-19-14(18)9-6-15-13(17)11-8(7(2)3)5-10(16)20-12(9)11/h6-8H,4-5H2,1-3H3,(H,15,17)/t8-/m1/s1. The first kappa shape index (κ1) is 14.3. The van der Waals surface area contributed by atoms with Crippen LogP contribution >= 0.6 is 0 Å². The number of carbonyl (C=O) groups excluding carboxylic acids is 2. The highest BCUT2D eigenvalue weighted by atomic mass is 16.5. The van der Waals surface area contributed by atoms with Crippen LogP contribution in [0.1, 0.15) is 49.0 Å². The highest BCUT2D eigenvalue weighted by Gasteiger charge is 2.35. The average Bonchev–Trinajstić information content (AvgIpc) is 2.38. The SMILES string of the molecule is CCOC(=O)c1c[nH]c(=O)c2c1OC(=O)C[C@@H]2C(C)C. The molecule has 1 aromatic rings. The van der Waals surface area contributed by atoms with Crippen molar-refractivity contribution in [3.8, 4) is 5.75 Å². The summed E-state index contributed by atoms with van der Waals surface area (Å²) in [6.07, 6.45) is 1.37. The molecule has 0 unspecified atom stereocenters. The molecule has 2 rings (SSSR count). The van der Waals surface area contributed by atoms with Crippen molar-refractivity contribution in [2.24, 2.45) is 5.92 Å². The highest BCUT2D eigenvalue weighted by molar-refractivity contribution is 5.94. The second kappa shape index (κ2) is 5.48. The molecule has 0 amide bonds. The molecule has 1 aromatic heterocycles. The lowest BCUT2D eigenvalue weighted by atomic mass is 9.84. The van der Waals surface area contributed by atoms with Gasteiger partial charge in [-0.1, -0.05) is 13.8 Å². The van der Waals surface area contributed by atoms with Gasteiger partial charge in [-0.05, 0) is 12.8 Å². The molecular formula is C14H17NO5. The maximum Gasteiger partial charge on any atom is 0.343 e. The van der Waals surface area contributed by atoms with Crippen LogP contribution < -0.4 is 10.3 Å². The van der Waals surface area contributed by atoms with Gasteiger partial charge in [-0.15, -0.1) is 0 Å². The van der Waals surface area contributed by atoms with Crippen LogP contribution in [-0.2, 0) is 9.53 Å². The monoisotopic (exact) mass is 279 g/mol. The minimum Gasteiger partial charge on any atom is -0.462 e. The normalized spacial score (nSPS) is 17.6. The van der Waals surface area contributed by atoms with Crippen LogP contribution in [0.3, 0.4) is 0 Å². The third kappa shape index (κ3) is 2.45. The predicted octanol–water partition coefficient (Wildman–Crippen LogP) is 1.60. The largest absolute Gasteiger partial charge is 0.462 e. The van der Waals surface area contributed by atoms with Crippen LogP contribution in [0.25, 0.3) is 0 Å². The van der Waals surface area contributed by atoms with Crippen molar-refractivity contribution in [2.45, 2.75) is 33.1 Å². The number of fused-ring (bicyclic) bond motifs is 1. The number of rotatable bonds is 3. The van der Waals surface area contributed by atoms with Crippen LogP contribution in [0.5, 0.6) is 5.75 Å². The fourth-order valence-corrected chi connectivity index (χ4v) is 2.34. The Morgan fingerprint density at radius 3 is 2.80 bits per heavy atom. The molecule has 0 saturated carbocycles. The van der Waals surface area contributed by atoms with Crippen molar-refractivity contribution >= 4 is 11.9 Å². The quantitative estimate of drug-likeness (QED) is 0.849. The second-order valence-corrected chi connectivity index (χ2v) is 5.02. The fraction of sp³-hybridized carbons (Fsp3) is 0.500. The van der Waals surface area contributed by atoms with Gasteiger partial charge in [0, 0.05) is 12.1 Å². The van der Waals surface area contributed by atoms with Crippen molar-refractivity contribution < 1.29 is 19.1 Å². The van der Waals surface area contributed by atoms with Crippen molar-refractivity contribution in [3.05, 3.63) is 27.7 Å². The smallest absolute Gasteiger partial charge is 0.343 e. The maximum atomic E-state index is 12.0. The van der Waals surface area contributed by atoms with Gasteiger partial charge in [-0.3, -0.25) is 9.59 Å². The number of hydrogen-bond acceptors (Lipinski definition) is 5. The zero-order valence-electron chi connectivity index (χ0n) is 11.7. The summed E-state index contributed by atoms with van der Waals surface area (Å²) in [6, 6.07) is 0. The zero-order chi connectivity index (χ0) is 14.9. The van der Waals surface area contributed by atoms with Gasteiger partial charge in [0.05, 0.1) is 18.6 Å². The number of nitrogens with one attached hydrogen (secondary N) is 1. The zero-order valence-corrected chi connectivity index (χ0v) is 11.7. The average molecular weight is 279 g/mol. The van der Waals surface area contributed by atoms with Gasteiger partial charge >= 0.3 is 11.9 Å². The molecule has 0 fully saturated rings. The number of carbonyl (C=O) groups is 2. The topological polar surface area (TPSA) is 85.5 Å². The molecule has 1 N–H and O–H groups in total. The number of H-pyrrole nitrogens is 1. The number of aromatic amines is 1. The molecule has 6 nitrogen and oxygen atoms in total. The van der Waals surface area contributed by atoms with Gasteiger partial charge in [0.25, 0.3) is 5.56 Å². The van der Waals surface area contributed by atoms with Gasteiger partial charge in [-0.2, -0.15) is 0 Å². The van der Waals surface area contributed by atoms with E-state index in [4.69, 9.17) is 9.47 Å². The fourth-order valence-electron chi connectivity index (χ4n) is 2.34. The molecule has 1 atom stereocenters.